The summed E-state index contributed by atoms with van der Waals surface area (Å²) < 4.78 is 46.6. The maximum Gasteiger partial charge on any atom is 0.573 e. The van der Waals surface area contributed by atoms with E-state index in [2.05, 4.69) is 15.4 Å². The van der Waals surface area contributed by atoms with Gasteiger partial charge in [0.05, 0.1) is 5.56 Å². The second kappa shape index (κ2) is 8.30. The molecule has 1 aliphatic rings. The molecule has 1 heterocycles. The first-order valence-electron chi connectivity index (χ1n) is 8.50. The molecule has 3 rings (SSSR count). The molecule has 0 aromatic heterocycles. The van der Waals surface area contributed by atoms with Gasteiger partial charge in [0, 0.05) is 18.0 Å². The molecular weight excluding hydrogens is 377 g/mol. The van der Waals surface area contributed by atoms with Gasteiger partial charge < -0.3 is 20.1 Å². The number of amides is 2. The SMILES string of the molecule is O=C(Nc1ccc(NC(=O)C2CCCO2)cc1)c1ccccc1OC(F)(F)F. The van der Waals surface area contributed by atoms with E-state index in [0.717, 1.165) is 12.5 Å². The second-order valence-electron chi connectivity index (χ2n) is 6.07. The number of carbonyl (C=O) groups is 2. The van der Waals surface area contributed by atoms with Crippen molar-refractivity contribution in [1.82, 2.24) is 0 Å². The lowest BCUT2D eigenvalue weighted by atomic mass is 10.1. The summed E-state index contributed by atoms with van der Waals surface area (Å²) >= 11 is 0. The first-order valence-corrected chi connectivity index (χ1v) is 8.50. The fraction of sp³-hybridized carbons (Fsp3) is 0.263. The Labute approximate surface area is 158 Å². The molecular formula is C19H17F3N2O4. The topological polar surface area (TPSA) is 76.7 Å². The van der Waals surface area contributed by atoms with Gasteiger partial charge in [-0.1, -0.05) is 12.1 Å². The third-order valence-corrected chi connectivity index (χ3v) is 3.99. The summed E-state index contributed by atoms with van der Waals surface area (Å²) in [6.07, 6.45) is -3.87. The van der Waals surface area contributed by atoms with E-state index in [1.807, 2.05) is 0 Å². The van der Waals surface area contributed by atoms with Gasteiger partial charge in [0.15, 0.2) is 0 Å². The van der Waals surface area contributed by atoms with Crippen LogP contribution < -0.4 is 15.4 Å². The lowest BCUT2D eigenvalue weighted by Crippen LogP contribution is -2.26. The molecule has 0 bridgehead atoms. The van der Waals surface area contributed by atoms with Crippen LogP contribution in [0.25, 0.3) is 0 Å². The summed E-state index contributed by atoms with van der Waals surface area (Å²) in [6.45, 7) is 0.558. The van der Waals surface area contributed by atoms with Crippen molar-refractivity contribution in [3.05, 3.63) is 54.1 Å². The van der Waals surface area contributed by atoms with Crippen LogP contribution in [0.3, 0.4) is 0 Å². The molecule has 2 aromatic rings. The highest BCUT2D eigenvalue weighted by Gasteiger charge is 2.32. The van der Waals surface area contributed by atoms with Crippen molar-refractivity contribution in [2.45, 2.75) is 25.3 Å². The average molecular weight is 394 g/mol. The van der Waals surface area contributed by atoms with Crippen LogP contribution in [-0.4, -0.2) is 30.9 Å². The number of hydrogen-bond donors (Lipinski definition) is 2. The van der Waals surface area contributed by atoms with Gasteiger partial charge in [0.25, 0.3) is 11.8 Å². The largest absolute Gasteiger partial charge is 0.573 e. The Kier molecular flexibility index (Phi) is 5.84. The number of halogens is 3. The summed E-state index contributed by atoms with van der Waals surface area (Å²) in [5, 5.41) is 5.21. The molecule has 0 spiro atoms. The van der Waals surface area contributed by atoms with Gasteiger partial charge in [-0.15, -0.1) is 13.2 Å². The Hall–Kier alpha value is -3.07. The number of anilines is 2. The van der Waals surface area contributed by atoms with Crippen molar-refractivity contribution < 1.29 is 32.2 Å². The summed E-state index contributed by atoms with van der Waals surface area (Å²) in [6, 6.07) is 11.2. The van der Waals surface area contributed by atoms with Crippen LogP contribution in [0.4, 0.5) is 24.5 Å². The molecule has 1 unspecified atom stereocenters. The van der Waals surface area contributed by atoms with Gasteiger partial charge in [0.2, 0.25) is 0 Å². The van der Waals surface area contributed by atoms with Crippen molar-refractivity contribution in [2.24, 2.45) is 0 Å². The van der Waals surface area contributed by atoms with E-state index < -0.39 is 24.1 Å². The molecule has 2 amide bonds. The van der Waals surface area contributed by atoms with E-state index >= 15 is 0 Å². The maximum absolute atomic E-state index is 12.5. The van der Waals surface area contributed by atoms with E-state index in [0.29, 0.717) is 24.4 Å². The number of carbonyl (C=O) groups excluding carboxylic acids is 2. The Morgan fingerprint density at radius 3 is 2.25 bits per heavy atom. The number of ether oxygens (including phenoxy) is 2. The van der Waals surface area contributed by atoms with Gasteiger partial charge in [-0.3, -0.25) is 9.59 Å². The first kappa shape index (κ1) is 19.7. The third kappa shape index (κ3) is 5.23. The monoisotopic (exact) mass is 394 g/mol. The Bertz CT molecular complexity index is 847. The fourth-order valence-electron chi connectivity index (χ4n) is 2.71. The average Bonchev–Trinajstić information content (AvgIpc) is 3.17. The molecule has 6 nitrogen and oxygen atoms in total. The van der Waals surface area contributed by atoms with Gasteiger partial charge in [-0.25, -0.2) is 0 Å². The first-order chi connectivity index (χ1) is 13.3. The predicted octanol–water partition coefficient (Wildman–Crippen LogP) is 3.96. The van der Waals surface area contributed by atoms with Gasteiger partial charge >= 0.3 is 6.36 Å². The van der Waals surface area contributed by atoms with E-state index in [-0.39, 0.29) is 11.5 Å². The molecule has 9 heteroatoms. The molecule has 1 fully saturated rings. The maximum atomic E-state index is 12.5. The van der Waals surface area contributed by atoms with Crippen molar-refractivity contribution in [1.29, 1.82) is 0 Å². The standard InChI is InChI=1S/C19H17F3N2O4/c20-19(21,22)28-15-5-2-1-4-14(15)17(25)23-12-7-9-13(10-8-12)24-18(26)16-6-3-11-27-16/h1-2,4-5,7-10,16H,3,6,11H2,(H,23,25)(H,24,26). The van der Waals surface area contributed by atoms with Gasteiger partial charge in [-0.05, 0) is 49.2 Å². The number of benzene rings is 2. The van der Waals surface area contributed by atoms with Crippen LogP contribution in [0, 0.1) is 0 Å². The highest BCUT2D eigenvalue weighted by Crippen LogP contribution is 2.27. The van der Waals surface area contributed by atoms with Crippen molar-refractivity contribution in [2.75, 3.05) is 17.2 Å². The summed E-state index contributed by atoms with van der Waals surface area (Å²) in [5.74, 6) is -1.59. The summed E-state index contributed by atoms with van der Waals surface area (Å²) in [5.41, 5.74) is 0.608. The zero-order valence-electron chi connectivity index (χ0n) is 14.6. The number of hydrogen-bond acceptors (Lipinski definition) is 4. The third-order valence-electron chi connectivity index (χ3n) is 3.99. The zero-order chi connectivity index (χ0) is 20.1. The molecule has 0 radical (unpaired) electrons. The minimum absolute atomic E-state index is 0.243. The van der Waals surface area contributed by atoms with Crippen LogP contribution in [0.2, 0.25) is 0 Å². The molecule has 1 aliphatic heterocycles. The molecule has 1 atom stereocenters. The Balaban J connectivity index is 1.64. The fourth-order valence-corrected chi connectivity index (χ4v) is 2.71. The van der Waals surface area contributed by atoms with E-state index in [1.54, 1.807) is 12.1 Å². The quantitative estimate of drug-likeness (QED) is 0.805. The smallest absolute Gasteiger partial charge is 0.405 e. The summed E-state index contributed by atoms with van der Waals surface area (Å²) in [7, 11) is 0. The molecule has 0 saturated carbocycles. The molecule has 28 heavy (non-hydrogen) atoms. The van der Waals surface area contributed by atoms with Crippen LogP contribution >= 0.6 is 0 Å². The number of alkyl halides is 3. The van der Waals surface area contributed by atoms with E-state index in [9.17, 15) is 22.8 Å². The highest BCUT2D eigenvalue weighted by atomic mass is 19.4. The Morgan fingerprint density at radius 2 is 1.64 bits per heavy atom. The minimum Gasteiger partial charge on any atom is -0.405 e. The van der Waals surface area contributed by atoms with Crippen LogP contribution in [0.15, 0.2) is 48.5 Å². The molecule has 2 N–H and O–H groups in total. The normalized spacial score (nSPS) is 16.5. The highest BCUT2D eigenvalue weighted by molar-refractivity contribution is 6.06. The van der Waals surface area contributed by atoms with Crippen LogP contribution in [0.5, 0.6) is 5.75 Å². The molecule has 0 aliphatic carbocycles. The van der Waals surface area contributed by atoms with Gasteiger partial charge in [-0.2, -0.15) is 0 Å². The summed E-state index contributed by atoms with van der Waals surface area (Å²) in [4.78, 5) is 24.3. The number of para-hydroxylation sites is 1. The second-order valence-corrected chi connectivity index (χ2v) is 6.07. The minimum atomic E-state index is -4.90. The lowest BCUT2D eigenvalue weighted by molar-refractivity contribution is -0.274. The van der Waals surface area contributed by atoms with E-state index in [4.69, 9.17) is 4.74 Å². The predicted molar refractivity (Wildman–Crippen MR) is 95.1 cm³/mol. The number of nitrogens with one attached hydrogen (secondary N) is 2. The zero-order valence-corrected chi connectivity index (χ0v) is 14.6. The van der Waals surface area contributed by atoms with Crippen molar-refractivity contribution in [3.8, 4) is 5.75 Å². The van der Waals surface area contributed by atoms with E-state index in [1.165, 1.54) is 30.3 Å². The molecule has 2 aromatic carbocycles. The van der Waals surface area contributed by atoms with Crippen molar-refractivity contribution in [3.63, 3.8) is 0 Å². The number of rotatable bonds is 5. The van der Waals surface area contributed by atoms with Crippen LogP contribution in [-0.2, 0) is 9.53 Å². The van der Waals surface area contributed by atoms with Crippen LogP contribution in [0.1, 0.15) is 23.2 Å². The lowest BCUT2D eigenvalue weighted by Gasteiger charge is -2.13. The van der Waals surface area contributed by atoms with Crippen molar-refractivity contribution >= 4 is 23.2 Å². The van der Waals surface area contributed by atoms with Gasteiger partial charge in [0.1, 0.15) is 11.9 Å². The Morgan fingerprint density at radius 1 is 1.00 bits per heavy atom. The molecule has 1 saturated heterocycles. The molecule has 148 valence electrons.